The van der Waals surface area contributed by atoms with Gasteiger partial charge >= 0.3 is 0 Å². The Morgan fingerprint density at radius 1 is 1.11 bits per heavy atom. The quantitative estimate of drug-likeness (QED) is 0.368. The monoisotopic (exact) mass is 566 g/mol. The molecule has 0 radical (unpaired) electrons. The van der Waals surface area contributed by atoms with Crippen molar-refractivity contribution in [1.82, 2.24) is 5.01 Å². The predicted molar refractivity (Wildman–Crippen MR) is 153 cm³/mol. The van der Waals surface area contributed by atoms with Crippen LogP contribution < -0.4 is 10.1 Å². The van der Waals surface area contributed by atoms with Crippen molar-refractivity contribution < 1.29 is 14.3 Å². The molecule has 0 fully saturated rings. The first-order valence-electron chi connectivity index (χ1n) is 11.9. The van der Waals surface area contributed by atoms with Gasteiger partial charge in [0.1, 0.15) is 11.0 Å². The van der Waals surface area contributed by atoms with Crippen LogP contribution in [0.5, 0.6) is 5.75 Å². The van der Waals surface area contributed by atoms with Gasteiger partial charge in [-0.2, -0.15) is 10.1 Å². The van der Waals surface area contributed by atoms with Crippen molar-refractivity contribution in [3.63, 3.8) is 0 Å². The minimum atomic E-state index is -0.641. The zero-order valence-electron chi connectivity index (χ0n) is 20.7. The molecule has 0 bridgehead atoms. The number of nitrogens with zero attached hydrogens (tertiary/aromatic N) is 3. The Kier molecular flexibility index (Phi) is 7.74. The van der Waals surface area contributed by atoms with Crippen LogP contribution in [0.2, 0.25) is 10.0 Å². The molecule has 7 nitrogen and oxygen atoms in total. The van der Waals surface area contributed by atoms with Crippen LogP contribution in [0.4, 0.5) is 5.69 Å². The molecule has 0 saturated heterocycles. The molecule has 0 saturated carbocycles. The topological polar surface area (TPSA) is 83.4 Å². The molecule has 0 unspecified atom stereocenters. The maximum atomic E-state index is 12.8. The normalized spacial score (nSPS) is 18.8. The Morgan fingerprint density at radius 2 is 1.84 bits per heavy atom. The molecule has 3 aromatic rings. The maximum absolute atomic E-state index is 12.8. The third-order valence-corrected chi connectivity index (χ3v) is 8.14. The molecule has 2 heterocycles. The van der Waals surface area contributed by atoms with Crippen molar-refractivity contribution in [1.29, 1.82) is 0 Å². The number of aliphatic imine (C=N–C) groups is 1. The highest BCUT2D eigenvalue weighted by Crippen LogP contribution is 2.39. The molecule has 0 spiro atoms. The summed E-state index contributed by atoms with van der Waals surface area (Å²) in [7, 11) is 1.62. The second kappa shape index (κ2) is 11.2. The Bertz CT molecular complexity index is 1440. The Morgan fingerprint density at radius 3 is 2.53 bits per heavy atom. The lowest BCUT2D eigenvalue weighted by Crippen LogP contribution is -2.25. The van der Waals surface area contributed by atoms with Crippen molar-refractivity contribution in [3.8, 4) is 5.75 Å². The van der Waals surface area contributed by atoms with Crippen molar-refractivity contribution in [2.24, 2.45) is 10.1 Å². The van der Waals surface area contributed by atoms with Gasteiger partial charge in [-0.3, -0.25) is 9.59 Å². The van der Waals surface area contributed by atoms with Gasteiger partial charge in [0.15, 0.2) is 5.17 Å². The second-order valence-corrected chi connectivity index (χ2v) is 11.0. The summed E-state index contributed by atoms with van der Waals surface area (Å²) >= 11 is 13.5. The third kappa shape index (κ3) is 5.72. The fourth-order valence-corrected chi connectivity index (χ4v) is 5.61. The van der Waals surface area contributed by atoms with Crippen molar-refractivity contribution in [3.05, 3.63) is 93.5 Å². The Labute approximate surface area is 234 Å². The van der Waals surface area contributed by atoms with E-state index in [2.05, 4.69) is 10.3 Å². The summed E-state index contributed by atoms with van der Waals surface area (Å²) in [6.07, 6.45) is 0.595. The molecule has 0 aliphatic carbocycles. The lowest BCUT2D eigenvalue weighted by molar-refractivity contribution is -0.121. The molecule has 2 aliphatic rings. The van der Waals surface area contributed by atoms with Crippen molar-refractivity contribution in [2.45, 2.75) is 31.1 Å². The smallest absolute Gasteiger partial charge is 0.262 e. The van der Waals surface area contributed by atoms with Gasteiger partial charge in [-0.15, -0.1) is 0 Å². The van der Waals surface area contributed by atoms with Crippen LogP contribution in [0.15, 0.2) is 76.8 Å². The van der Waals surface area contributed by atoms with Gasteiger partial charge in [0.25, 0.3) is 5.91 Å². The zero-order chi connectivity index (χ0) is 26.8. The van der Waals surface area contributed by atoms with Gasteiger partial charge in [0, 0.05) is 28.6 Å². The third-order valence-electron chi connectivity index (χ3n) is 6.34. The van der Waals surface area contributed by atoms with E-state index in [1.165, 1.54) is 11.8 Å². The van der Waals surface area contributed by atoms with Gasteiger partial charge in [-0.1, -0.05) is 65.3 Å². The predicted octanol–water partition coefficient (Wildman–Crippen LogP) is 6.49. The van der Waals surface area contributed by atoms with Crippen molar-refractivity contribution >= 4 is 63.3 Å². The summed E-state index contributed by atoms with van der Waals surface area (Å²) in [5.41, 5.74) is 4.30. The summed E-state index contributed by atoms with van der Waals surface area (Å²) in [5.74, 6) is 0.109. The van der Waals surface area contributed by atoms with Crippen LogP contribution in [0.1, 0.15) is 35.6 Å². The number of nitrogens with one attached hydrogen (secondary N) is 1. The lowest BCUT2D eigenvalue weighted by atomic mass is 9.98. The maximum Gasteiger partial charge on any atom is 0.262 e. The number of amidine groups is 1. The van der Waals surface area contributed by atoms with Crippen LogP contribution in [0.25, 0.3) is 0 Å². The van der Waals surface area contributed by atoms with E-state index in [0.29, 0.717) is 27.3 Å². The Balaban J connectivity index is 1.34. The molecule has 10 heteroatoms. The van der Waals surface area contributed by atoms with Gasteiger partial charge in [0.05, 0.1) is 18.9 Å². The number of hydrogen-bond donors (Lipinski definition) is 1. The standard InChI is InChI=1S/C28H24Cl2N4O3S/c1-16-3-10-20(13-22(16)30)31-26(35)15-25-27(36)32-28(38-25)34-24(18-6-11-21(37-2)12-7-18)14-23(33-34)17-4-8-19(29)9-5-17/h3-13,24-25H,14-15H2,1-2H3,(H,31,35)/t24-,25+/m0/s1. The number of amides is 2. The number of hydrazone groups is 1. The van der Waals surface area contributed by atoms with E-state index >= 15 is 0 Å². The van der Waals surface area contributed by atoms with Crippen LogP contribution in [0, 0.1) is 6.92 Å². The minimum Gasteiger partial charge on any atom is -0.497 e. The molecule has 5 rings (SSSR count). The van der Waals surface area contributed by atoms with E-state index in [-0.39, 0.29) is 24.3 Å². The fourth-order valence-electron chi connectivity index (χ4n) is 4.24. The molecule has 38 heavy (non-hydrogen) atoms. The van der Waals surface area contributed by atoms with Crippen LogP contribution in [0.3, 0.4) is 0 Å². The number of benzene rings is 3. The van der Waals surface area contributed by atoms with Crippen LogP contribution >= 0.6 is 35.0 Å². The molecule has 2 atom stereocenters. The molecular formula is C28H24Cl2N4O3S. The van der Waals surface area contributed by atoms with Gasteiger partial charge in [0.2, 0.25) is 5.91 Å². The first kappa shape index (κ1) is 26.3. The number of carbonyl (C=O) groups is 2. The molecule has 2 amide bonds. The molecule has 3 aromatic carbocycles. The highest BCUT2D eigenvalue weighted by molar-refractivity contribution is 8.15. The highest BCUT2D eigenvalue weighted by Gasteiger charge is 2.39. The largest absolute Gasteiger partial charge is 0.497 e. The number of hydrogen-bond acceptors (Lipinski definition) is 6. The number of halogens is 2. The Hall–Kier alpha value is -3.33. The van der Waals surface area contributed by atoms with Crippen LogP contribution in [-0.2, 0) is 9.59 Å². The first-order chi connectivity index (χ1) is 18.3. The molecule has 2 aliphatic heterocycles. The zero-order valence-corrected chi connectivity index (χ0v) is 23.0. The van der Waals surface area contributed by atoms with E-state index in [9.17, 15) is 9.59 Å². The number of thioether (sulfide) groups is 1. The number of carbonyl (C=O) groups excluding carboxylic acids is 2. The summed E-state index contributed by atoms with van der Waals surface area (Å²) in [4.78, 5) is 29.8. The van der Waals surface area contributed by atoms with Gasteiger partial charge < -0.3 is 10.1 Å². The second-order valence-electron chi connectivity index (χ2n) is 8.95. The summed E-state index contributed by atoms with van der Waals surface area (Å²) < 4.78 is 5.31. The fraction of sp³-hybridized carbons (Fsp3) is 0.214. The summed E-state index contributed by atoms with van der Waals surface area (Å²) in [5, 5.41) is 10.5. The average Bonchev–Trinajstić information content (AvgIpc) is 3.50. The van der Waals surface area contributed by atoms with E-state index in [0.717, 1.165) is 28.2 Å². The highest BCUT2D eigenvalue weighted by atomic mass is 35.5. The number of aryl methyl sites for hydroxylation is 1. The average molecular weight is 567 g/mol. The minimum absolute atomic E-state index is 0.0171. The lowest BCUT2D eigenvalue weighted by Gasteiger charge is -2.23. The van der Waals surface area contributed by atoms with E-state index in [4.69, 9.17) is 33.0 Å². The summed E-state index contributed by atoms with van der Waals surface area (Å²) in [6.45, 7) is 1.89. The summed E-state index contributed by atoms with van der Waals surface area (Å²) in [6, 6.07) is 20.4. The number of rotatable bonds is 6. The van der Waals surface area contributed by atoms with Crippen LogP contribution in [-0.4, -0.2) is 40.1 Å². The first-order valence-corrected chi connectivity index (χ1v) is 13.6. The van der Waals surface area contributed by atoms with E-state index in [1.54, 1.807) is 24.3 Å². The molecule has 194 valence electrons. The molecule has 0 aromatic heterocycles. The number of ether oxygens (including phenoxy) is 1. The van der Waals surface area contributed by atoms with Gasteiger partial charge in [-0.25, -0.2) is 5.01 Å². The molecular weight excluding hydrogens is 543 g/mol. The van der Waals surface area contributed by atoms with E-state index < -0.39 is 5.25 Å². The SMILES string of the molecule is COc1ccc([C@@H]2CC(c3ccc(Cl)cc3)=NN2C2=NC(=O)[C@@H](CC(=O)Nc3ccc(C)c(Cl)c3)S2)cc1. The van der Waals surface area contributed by atoms with Crippen molar-refractivity contribution in [2.75, 3.05) is 12.4 Å². The number of methoxy groups -OCH3 is 1. The molecule has 1 N–H and O–H groups in total. The van der Waals surface area contributed by atoms with E-state index in [1.807, 2.05) is 61.5 Å². The van der Waals surface area contributed by atoms with Gasteiger partial charge in [-0.05, 0) is 60.0 Å². The number of anilines is 1.